The van der Waals surface area contributed by atoms with Crippen LogP contribution in [0.1, 0.15) is 5.82 Å². The fourth-order valence-corrected chi connectivity index (χ4v) is 2.56. The highest BCUT2D eigenvalue weighted by atomic mass is 35.5. The van der Waals surface area contributed by atoms with Crippen LogP contribution in [-0.2, 0) is 13.6 Å². The molecule has 0 radical (unpaired) electrons. The van der Waals surface area contributed by atoms with Crippen molar-refractivity contribution < 1.29 is 0 Å². The number of nitrogens with zero attached hydrogens (tertiary/aromatic N) is 2. The molecular weight excluding hydrogens is 218 g/mol. The summed E-state index contributed by atoms with van der Waals surface area (Å²) in [6.45, 7) is 0.404. The minimum atomic E-state index is 0.404. The average molecular weight is 228 g/mol. The number of imidazole rings is 1. The maximum Gasteiger partial charge on any atom is 0.156 e. The van der Waals surface area contributed by atoms with Crippen LogP contribution in [0.4, 0.5) is 0 Å². The quantitative estimate of drug-likeness (QED) is 0.856. The number of rotatable bonds is 2. The van der Waals surface area contributed by atoms with Gasteiger partial charge in [0.1, 0.15) is 5.82 Å². The Balaban J connectivity index is 2.58. The lowest BCUT2D eigenvalue weighted by atomic mass is 10.4. The van der Waals surface area contributed by atoms with E-state index in [9.17, 15) is 0 Å². The van der Waals surface area contributed by atoms with Crippen molar-refractivity contribution in [2.24, 2.45) is 12.8 Å². The third kappa shape index (κ3) is 1.45. The molecule has 0 aliphatic rings. The second-order valence-electron chi connectivity index (χ2n) is 2.91. The largest absolute Gasteiger partial charge is 0.328 e. The molecule has 0 fully saturated rings. The Kier molecular flexibility index (Phi) is 2.58. The lowest BCUT2D eigenvalue weighted by molar-refractivity contribution is 0.800. The fourth-order valence-electron chi connectivity index (χ4n) is 1.37. The van der Waals surface area contributed by atoms with E-state index in [4.69, 9.17) is 17.3 Å². The Morgan fingerprint density at radius 3 is 2.93 bits per heavy atom. The number of halogens is 1. The van der Waals surface area contributed by atoms with Crippen LogP contribution in [0.2, 0.25) is 5.15 Å². The highest BCUT2D eigenvalue weighted by Gasteiger charge is 2.14. The first-order valence-corrected chi connectivity index (χ1v) is 5.45. The molecule has 74 valence electrons. The maximum atomic E-state index is 6.04. The molecule has 0 saturated carbocycles. The monoisotopic (exact) mass is 227 g/mol. The molecule has 0 saturated heterocycles. The Hall–Kier alpha value is -0.840. The van der Waals surface area contributed by atoms with Gasteiger partial charge < -0.3 is 10.3 Å². The minimum Gasteiger partial charge on any atom is -0.328 e. The van der Waals surface area contributed by atoms with E-state index in [2.05, 4.69) is 4.98 Å². The Labute approximate surface area is 91.1 Å². The standard InChI is InChI=1S/C9H10ClN3S/c1-13-7(5-11)12-9(10)8(13)6-3-2-4-14-6/h2-4H,5,11H2,1H3. The zero-order chi connectivity index (χ0) is 10.1. The van der Waals surface area contributed by atoms with Gasteiger partial charge in [0.05, 0.1) is 17.1 Å². The minimum absolute atomic E-state index is 0.404. The molecule has 14 heavy (non-hydrogen) atoms. The first kappa shape index (κ1) is 9.71. The normalized spacial score (nSPS) is 10.8. The van der Waals surface area contributed by atoms with Crippen LogP contribution in [0.15, 0.2) is 17.5 Å². The van der Waals surface area contributed by atoms with E-state index in [1.165, 1.54) is 0 Å². The van der Waals surface area contributed by atoms with Crippen LogP contribution in [0, 0.1) is 0 Å². The van der Waals surface area contributed by atoms with E-state index >= 15 is 0 Å². The van der Waals surface area contributed by atoms with Crippen LogP contribution in [0.3, 0.4) is 0 Å². The zero-order valence-electron chi connectivity index (χ0n) is 7.70. The average Bonchev–Trinajstić information content (AvgIpc) is 2.74. The SMILES string of the molecule is Cn1c(CN)nc(Cl)c1-c1cccs1. The third-order valence-corrected chi connectivity index (χ3v) is 3.22. The Bertz CT molecular complexity index is 433. The van der Waals surface area contributed by atoms with E-state index in [-0.39, 0.29) is 0 Å². The van der Waals surface area contributed by atoms with E-state index in [0.717, 1.165) is 16.4 Å². The second kappa shape index (κ2) is 3.73. The molecule has 0 aromatic carbocycles. The summed E-state index contributed by atoms with van der Waals surface area (Å²) in [5.74, 6) is 0.804. The van der Waals surface area contributed by atoms with Crippen molar-refractivity contribution in [1.29, 1.82) is 0 Å². The molecule has 2 heterocycles. The van der Waals surface area contributed by atoms with Crippen molar-refractivity contribution in [2.45, 2.75) is 6.54 Å². The molecule has 2 aromatic rings. The maximum absolute atomic E-state index is 6.04. The van der Waals surface area contributed by atoms with Gasteiger partial charge in [-0.25, -0.2) is 4.98 Å². The predicted octanol–water partition coefficient (Wildman–Crippen LogP) is 2.26. The van der Waals surface area contributed by atoms with Gasteiger partial charge >= 0.3 is 0 Å². The summed E-state index contributed by atoms with van der Waals surface area (Å²) < 4.78 is 1.94. The van der Waals surface area contributed by atoms with Gasteiger partial charge in [0.15, 0.2) is 5.15 Å². The number of aromatic nitrogens is 2. The molecule has 2 N–H and O–H groups in total. The van der Waals surface area contributed by atoms with Crippen molar-refractivity contribution in [2.75, 3.05) is 0 Å². The van der Waals surface area contributed by atoms with Gasteiger partial charge in [0.2, 0.25) is 0 Å². The smallest absolute Gasteiger partial charge is 0.156 e. The molecule has 0 bridgehead atoms. The summed E-state index contributed by atoms with van der Waals surface area (Å²) in [4.78, 5) is 5.31. The van der Waals surface area contributed by atoms with Crippen LogP contribution >= 0.6 is 22.9 Å². The van der Waals surface area contributed by atoms with E-state index < -0.39 is 0 Å². The van der Waals surface area contributed by atoms with Gasteiger partial charge in [-0.3, -0.25) is 0 Å². The van der Waals surface area contributed by atoms with Crippen molar-refractivity contribution in [1.82, 2.24) is 9.55 Å². The predicted molar refractivity (Wildman–Crippen MR) is 59.4 cm³/mol. The molecule has 2 rings (SSSR count). The zero-order valence-corrected chi connectivity index (χ0v) is 9.27. The molecule has 0 amide bonds. The molecule has 0 aliphatic carbocycles. The van der Waals surface area contributed by atoms with Gasteiger partial charge in [-0.1, -0.05) is 17.7 Å². The van der Waals surface area contributed by atoms with Crippen LogP contribution in [0.5, 0.6) is 0 Å². The van der Waals surface area contributed by atoms with Crippen molar-refractivity contribution in [3.8, 4) is 10.6 Å². The molecular formula is C9H10ClN3S. The van der Waals surface area contributed by atoms with Crippen molar-refractivity contribution >= 4 is 22.9 Å². The molecule has 2 aromatic heterocycles. The fraction of sp³-hybridized carbons (Fsp3) is 0.222. The van der Waals surface area contributed by atoms with Crippen LogP contribution in [0.25, 0.3) is 10.6 Å². The number of hydrogen-bond donors (Lipinski definition) is 1. The molecule has 0 aliphatic heterocycles. The number of hydrogen-bond acceptors (Lipinski definition) is 3. The lowest BCUT2D eigenvalue weighted by Crippen LogP contribution is -2.05. The molecule has 0 unspecified atom stereocenters. The summed E-state index contributed by atoms with van der Waals surface area (Å²) in [5.41, 5.74) is 6.49. The summed E-state index contributed by atoms with van der Waals surface area (Å²) in [7, 11) is 1.93. The van der Waals surface area contributed by atoms with Crippen LogP contribution < -0.4 is 5.73 Å². The van der Waals surface area contributed by atoms with Gasteiger partial charge in [0, 0.05) is 7.05 Å². The molecule has 5 heteroatoms. The van der Waals surface area contributed by atoms with E-state index in [1.807, 2.05) is 29.1 Å². The van der Waals surface area contributed by atoms with Gasteiger partial charge in [0.25, 0.3) is 0 Å². The van der Waals surface area contributed by atoms with E-state index in [0.29, 0.717) is 11.7 Å². The summed E-state index contributed by atoms with van der Waals surface area (Å²) >= 11 is 7.68. The third-order valence-electron chi connectivity index (χ3n) is 2.08. The topological polar surface area (TPSA) is 43.8 Å². The van der Waals surface area contributed by atoms with Crippen molar-refractivity contribution in [3.63, 3.8) is 0 Å². The first-order chi connectivity index (χ1) is 6.74. The highest BCUT2D eigenvalue weighted by molar-refractivity contribution is 7.13. The molecule has 0 spiro atoms. The lowest BCUT2D eigenvalue weighted by Gasteiger charge is -2.01. The summed E-state index contributed by atoms with van der Waals surface area (Å²) in [5, 5.41) is 2.54. The van der Waals surface area contributed by atoms with Gasteiger partial charge in [-0.2, -0.15) is 0 Å². The number of nitrogens with two attached hydrogens (primary N) is 1. The Morgan fingerprint density at radius 2 is 2.43 bits per heavy atom. The molecule has 0 atom stereocenters. The highest BCUT2D eigenvalue weighted by Crippen LogP contribution is 2.31. The Morgan fingerprint density at radius 1 is 1.64 bits per heavy atom. The second-order valence-corrected chi connectivity index (χ2v) is 4.21. The van der Waals surface area contributed by atoms with Crippen molar-refractivity contribution in [3.05, 3.63) is 28.5 Å². The van der Waals surface area contributed by atoms with Crippen LogP contribution in [-0.4, -0.2) is 9.55 Å². The first-order valence-electron chi connectivity index (χ1n) is 4.19. The van der Waals surface area contributed by atoms with Gasteiger partial charge in [-0.05, 0) is 11.4 Å². The summed E-state index contributed by atoms with van der Waals surface area (Å²) in [6.07, 6.45) is 0. The van der Waals surface area contributed by atoms with E-state index in [1.54, 1.807) is 11.3 Å². The molecule has 3 nitrogen and oxygen atoms in total. The van der Waals surface area contributed by atoms with Gasteiger partial charge in [-0.15, -0.1) is 11.3 Å². The number of thiophene rings is 1. The summed E-state index contributed by atoms with van der Waals surface area (Å²) in [6, 6.07) is 4.01.